The van der Waals surface area contributed by atoms with Crippen molar-refractivity contribution < 1.29 is 28.1 Å². The van der Waals surface area contributed by atoms with Gasteiger partial charge in [-0.3, -0.25) is 4.79 Å². The molecular formula is C27H28FN3O5. The van der Waals surface area contributed by atoms with Gasteiger partial charge in [0.15, 0.2) is 0 Å². The van der Waals surface area contributed by atoms with E-state index in [0.29, 0.717) is 28.4 Å². The number of carbonyl (C=O) groups excluding carboxylic acids is 1. The van der Waals surface area contributed by atoms with Crippen molar-refractivity contribution in [2.45, 2.75) is 6.54 Å². The van der Waals surface area contributed by atoms with E-state index >= 15 is 0 Å². The van der Waals surface area contributed by atoms with Gasteiger partial charge in [-0.2, -0.15) is 0 Å². The lowest BCUT2D eigenvalue weighted by Gasteiger charge is -2.17. The molecule has 0 saturated heterocycles. The summed E-state index contributed by atoms with van der Waals surface area (Å²) in [6.07, 6.45) is 3.16. The molecule has 0 aliphatic heterocycles. The number of carbonyl (C=O) groups is 1. The van der Waals surface area contributed by atoms with Crippen molar-refractivity contribution in [3.05, 3.63) is 82.7 Å². The summed E-state index contributed by atoms with van der Waals surface area (Å²) in [6.45, 7) is 0.0972. The Morgan fingerprint density at radius 2 is 1.61 bits per heavy atom. The number of hydrogen-bond donors (Lipinski definition) is 3. The van der Waals surface area contributed by atoms with Crippen LogP contribution in [0.4, 0.5) is 10.1 Å². The lowest BCUT2D eigenvalue weighted by Crippen LogP contribution is -2.24. The molecule has 0 fully saturated rings. The van der Waals surface area contributed by atoms with E-state index in [9.17, 15) is 9.18 Å². The smallest absolute Gasteiger partial charge is 0.255 e. The Hall–Kier alpha value is -4.53. The first-order valence-corrected chi connectivity index (χ1v) is 10.9. The number of nitrogen functional groups attached to an aromatic ring is 1. The molecule has 188 valence electrons. The summed E-state index contributed by atoms with van der Waals surface area (Å²) in [7, 11) is 5.97. The number of rotatable bonds is 10. The largest absolute Gasteiger partial charge is 0.496 e. The molecule has 3 rings (SSSR count). The van der Waals surface area contributed by atoms with Crippen LogP contribution in [0.15, 0.2) is 54.6 Å². The zero-order valence-corrected chi connectivity index (χ0v) is 20.5. The average Bonchev–Trinajstić information content (AvgIpc) is 2.90. The molecule has 0 spiro atoms. The molecule has 3 aromatic rings. The maximum absolute atomic E-state index is 13.2. The number of amides is 1. The van der Waals surface area contributed by atoms with Crippen LogP contribution in [0.5, 0.6) is 23.0 Å². The Labute approximate surface area is 208 Å². The number of halogens is 1. The van der Waals surface area contributed by atoms with E-state index < -0.39 is 5.91 Å². The van der Waals surface area contributed by atoms with Crippen LogP contribution in [0.2, 0.25) is 0 Å². The van der Waals surface area contributed by atoms with Crippen LogP contribution < -0.4 is 30.0 Å². The van der Waals surface area contributed by atoms with Gasteiger partial charge in [0.25, 0.3) is 5.91 Å². The van der Waals surface area contributed by atoms with E-state index in [1.165, 1.54) is 52.7 Å². The standard InChI is InChI=1S/C27H28FN3O5/c1-33-18-13-23(34-2)20(24(14-18)35-3)15-31-27(32)19-10-12-22(30)25(26(19)36-4)21(29)11-7-16-5-8-17(28)9-6-16/h5-14,29H,15,30H2,1-4H3,(H,31,32)/b11-7+,29-21?. The number of allylic oxidation sites excluding steroid dienone is 1. The number of ether oxygens (including phenoxy) is 4. The highest BCUT2D eigenvalue weighted by Crippen LogP contribution is 2.34. The molecule has 0 bridgehead atoms. The minimum atomic E-state index is -0.441. The van der Waals surface area contributed by atoms with E-state index in [2.05, 4.69) is 5.32 Å². The highest BCUT2D eigenvalue weighted by molar-refractivity contribution is 6.15. The highest BCUT2D eigenvalue weighted by Gasteiger charge is 2.21. The molecule has 0 radical (unpaired) electrons. The molecule has 3 aromatic carbocycles. The molecule has 0 unspecified atom stereocenters. The zero-order valence-electron chi connectivity index (χ0n) is 20.5. The number of hydrogen-bond acceptors (Lipinski definition) is 7. The zero-order chi connectivity index (χ0) is 26.2. The third-order valence-corrected chi connectivity index (χ3v) is 5.46. The van der Waals surface area contributed by atoms with Crippen LogP contribution >= 0.6 is 0 Å². The van der Waals surface area contributed by atoms with Gasteiger partial charge in [0, 0.05) is 17.8 Å². The van der Waals surface area contributed by atoms with Crippen molar-refractivity contribution in [3.8, 4) is 23.0 Å². The first-order valence-electron chi connectivity index (χ1n) is 10.9. The summed E-state index contributed by atoms with van der Waals surface area (Å²) in [4.78, 5) is 13.2. The quantitative estimate of drug-likeness (QED) is 0.284. The maximum atomic E-state index is 13.2. The van der Waals surface area contributed by atoms with Gasteiger partial charge in [0.1, 0.15) is 28.8 Å². The fourth-order valence-electron chi connectivity index (χ4n) is 3.62. The van der Waals surface area contributed by atoms with Crippen molar-refractivity contribution in [3.63, 3.8) is 0 Å². The number of methoxy groups -OCH3 is 4. The highest BCUT2D eigenvalue weighted by atomic mass is 19.1. The second-order valence-corrected chi connectivity index (χ2v) is 7.60. The Morgan fingerprint density at radius 3 is 2.17 bits per heavy atom. The van der Waals surface area contributed by atoms with Crippen molar-refractivity contribution in [1.29, 1.82) is 5.41 Å². The first kappa shape index (κ1) is 26.1. The normalized spacial score (nSPS) is 10.7. The summed E-state index contributed by atoms with van der Waals surface area (Å²) < 4.78 is 34.8. The monoisotopic (exact) mass is 493 g/mol. The van der Waals surface area contributed by atoms with Gasteiger partial charge in [-0.15, -0.1) is 0 Å². The lowest BCUT2D eigenvalue weighted by atomic mass is 10.0. The van der Waals surface area contributed by atoms with Crippen molar-refractivity contribution >= 4 is 23.4 Å². The summed E-state index contributed by atoms with van der Waals surface area (Å²) >= 11 is 0. The average molecular weight is 494 g/mol. The third kappa shape index (κ3) is 5.75. The molecule has 36 heavy (non-hydrogen) atoms. The summed E-state index contributed by atoms with van der Waals surface area (Å²) in [6, 6.07) is 12.3. The summed E-state index contributed by atoms with van der Waals surface area (Å²) in [5, 5.41) is 11.4. The van der Waals surface area contributed by atoms with Crippen molar-refractivity contribution in [1.82, 2.24) is 5.32 Å². The minimum absolute atomic E-state index is 0.0295. The number of anilines is 1. The Morgan fingerprint density at radius 1 is 0.972 bits per heavy atom. The second kappa shape index (κ2) is 11.7. The minimum Gasteiger partial charge on any atom is -0.496 e. The number of nitrogens with two attached hydrogens (primary N) is 1. The van der Waals surface area contributed by atoms with Gasteiger partial charge in [-0.1, -0.05) is 18.2 Å². The Kier molecular flexibility index (Phi) is 8.51. The van der Waals surface area contributed by atoms with Crippen LogP contribution in [0.25, 0.3) is 6.08 Å². The molecule has 0 atom stereocenters. The van der Waals surface area contributed by atoms with Crippen LogP contribution in [-0.4, -0.2) is 40.1 Å². The molecular weight excluding hydrogens is 465 g/mol. The number of benzene rings is 3. The van der Waals surface area contributed by atoms with Gasteiger partial charge in [0.2, 0.25) is 0 Å². The SMILES string of the molecule is COc1cc(OC)c(CNC(=O)c2ccc(N)c(C(=N)/C=C/c3ccc(F)cc3)c2OC)c(OC)c1. The van der Waals surface area contributed by atoms with Crippen LogP contribution in [0.3, 0.4) is 0 Å². The Balaban J connectivity index is 1.88. The lowest BCUT2D eigenvalue weighted by molar-refractivity contribution is 0.0947. The molecule has 0 aromatic heterocycles. The van der Waals surface area contributed by atoms with Gasteiger partial charge in [-0.25, -0.2) is 4.39 Å². The number of nitrogens with one attached hydrogen (secondary N) is 2. The summed E-state index contributed by atoms with van der Waals surface area (Å²) in [5.41, 5.74) is 8.24. The molecule has 0 aliphatic carbocycles. The van der Waals surface area contributed by atoms with Crippen LogP contribution in [0.1, 0.15) is 27.0 Å². The Bertz CT molecular complexity index is 1260. The predicted octanol–water partition coefficient (Wildman–Crippen LogP) is 4.45. The topological polar surface area (TPSA) is 116 Å². The van der Waals surface area contributed by atoms with Crippen molar-refractivity contribution in [2.75, 3.05) is 34.2 Å². The molecule has 0 heterocycles. The molecule has 9 heteroatoms. The predicted molar refractivity (Wildman–Crippen MR) is 137 cm³/mol. The second-order valence-electron chi connectivity index (χ2n) is 7.60. The third-order valence-electron chi connectivity index (χ3n) is 5.46. The van der Waals surface area contributed by atoms with Gasteiger partial charge in [-0.05, 0) is 35.9 Å². The van der Waals surface area contributed by atoms with E-state index in [-0.39, 0.29) is 40.6 Å². The van der Waals surface area contributed by atoms with Crippen LogP contribution in [0, 0.1) is 11.2 Å². The molecule has 8 nitrogen and oxygen atoms in total. The van der Waals surface area contributed by atoms with E-state index in [4.69, 9.17) is 30.1 Å². The van der Waals surface area contributed by atoms with E-state index in [0.717, 1.165) is 0 Å². The molecule has 1 amide bonds. The molecule has 0 aliphatic rings. The van der Waals surface area contributed by atoms with E-state index in [1.807, 2.05) is 0 Å². The molecule has 0 saturated carbocycles. The van der Waals surface area contributed by atoms with Gasteiger partial charge >= 0.3 is 0 Å². The molecule has 4 N–H and O–H groups in total. The first-order chi connectivity index (χ1) is 17.3. The van der Waals surface area contributed by atoms with Crippen molar-refractivity contribution in [2.24, 2.45) is 0 Å². The van der Waals surface area contributed by atoms with E-state index in [1.54, 1.807) is 36.4 Å². The van der Waals surface area contributed by atoms with Gasteiger partial charge < -0.3 is 35.4 Å². The summed E-state index contributed by atoms with van der Waals surface area (Å²) in [5.74, 6) is 0.902. The fourth-order valence-corrected chi connectivity index (χ4v) is 3.62. The van der Waals surface area contributed by atoms with Gasteiger partial charge in [0.05, 0.1) is 57.4 Å². The van der Waals surface area contributed by atoms with Crippen LogP contribution in [-0.2, 0) is 6.54 Å². The maximum Gasteiger partial charge on any atom is 0.255 e. The fraction of sp³-hybridized carbons (Fsp3) is 0.185.